The van der Waals surface area contributed by atoms with E-state index < -0.39 is 5.97 Å². The van der Waals surface area contributed by atoms with Gasteiger partial charge in [0.2, 0.25) is 0 Å². The summed E-state index contributed by atoms with van der Waals surface area (Å²) in [6.07, 6.45) is 11.6. The van der Waals surface area contributed by atoms with Gasteiger partial charge in [0.15, 0.2) is 0 Å². The van der Waals surface area contributed by atoms with Crippen LogP contribution in [0.1, 0.15) is 68.4 Å². The Balaban J connectivity index is 2.35. The van der Waals surface area contributed by atoms with E-state index in [1.807, 2.05) is 22.9 Å². The number of nitrogens with zero attached hydrogens (tertiary/aromatic N) is 2. The Labute approximate surface area is 156 Å². The number of rotatable bonds is 8. The van der Waals surface area contributed by atoms with Crippen molar-refractivity contribution in [2.45, 2.75) is 59.9 Å². The van der Waals surface area contributed by atoms with Crippen LogP contribution in [0.15, 0.2) is 42.5 Å². The number of imidazole rings is 1. The summed E-state index contributed by atoms with van der Waals surface area (Å²) in [7, 11) is 0. The molecule has 0 amide bonds. The van der Waals surface area contributed by atoms with Crippen LogP contribution in [0.2, 0.25) is 0 Å². The minimum Gasteiger partial charge on any atom is -0.478 e. The van der Waals surface area contributed by atoms with E-state index in [1.54, 1.807) is 18.6 Å². The van der Waals surface area contributed by atoms with E-state index in [4.69, 9.17) is 0 Å². The molecular weight excluding hydrogens is 324 g/mol. The third-order valence-corrected chi connectivity index (χ3v) is 4.53. The Hall–Kier alpha value is -2.36. The lowest BCUT2D eigenvalue weighted by Crippen LogP contribution is -2.07. The van der Waals surface area contributed by atoms with Crippen molar-refractivity contribution in [3.8, 4) is 0 Å². The van der Waals surface area contributed by atoms with Crippen molar-refractivity contribution in [2.24, 2.45) is 5.41 Å². The van der Waals surface area contributed by atoms with E-state index >= 15 is 0 Å². The maximum atomic E-state index is 11.7. The number of carboxylic acid groups (broad SMARTS) is 1. The van der Waals surface area contributed by atoms with Crippen molar-refractivity contribution in [2.75, 3.05) is 0 Å². The molecule has 1 heterocycles. The number of carboxylic acids is 1. The number of benzene rings is 1. The third kappa shape index (κ3) is 5.87. The Morgan fingerprint density at radius 1 is 1.31 bits per heavy atom. The summed E-state index contributed by atoms with van der Waals surface area (Å²) in [5.41, 5.74) is 3.82. The fourth-order valence-corrected chi connectivity index (χ4v) is 3.14. The van der Waals surface area contributed by atoms with Gasteiger partial charge in [-0.15, -0.1) is 0 Å². The quantitative estimate of drug-likeness (QED) is 0.686. The van der Waals surface area contributed by atoms with Crippen LogP contribution in [0.25, 0.3) is 6.08 Å². The summed E-state index contributed by atoms with van der Waals surface area (Å²) in [6.45, 7) is 9.55. The minimum atomic E-state index is -0.872. The maximum absolute atomic E-state index is 11.7. The van der Waals surface area contributed by atoms with E-state index in [2.05, 4.69) is 38.8 Å². The van der Waals surface area contributed by atoms with Crippen LogP contribution in [-0.2, 0) is 13.0 Å². The average Bonchev–Trinajstić information content (AvgIpc) is 3.06. The molecule has 1 N–H and O–H groups in total. The van der Waals surface area contributed by atoms with Crippen molar-refractivity contribution in [1.82, 2.24) is 9.55 Å². The van der Waals surface area contributed by atoms with Crippen molar-refractivity contribution >= 4 is 12.0 Å². The molecule has 2 aromatic rings. The summed E-state index contributed by atoms with van der Waals surface area (Å²) < 4.78 is 2.04. The molecule has 4 heteroatoms. The first kappa shape index (κ1) is 20.0. The number of hydrogen-bond acceptors (Lipinski definition) is 2. The molecule has 0 aliphatic carbocycles. The van der Waals surface area contributed by atoms with Crippen LogP contribution < -0.4 is 0 Å². The Kier molecular flexibility index (Phi) is 6.78. The zero-order valence-electron chi connectivity index (χ0n) is 16.3. The van der Waals surface area contributed by atoms with Gasteiger partial charge in [0.25, 0.3) is 0 Å². The van der Waals surface area contributed by atoms with Gasteiger partial charge >= 0.3 is 5.97 Å². The largest absolute Gasteiger partial charge is 0.478 e. The highest BCUT2D eigenvalue weighted by Gasteiger charge is 2.14. The highest BCUT2D eigenvalue weighted by atomic mass is 16.4. The second-order valence-electron chi connectivity index (χ2n) is 7.99. The van der Waals surface area contributed by atoms with Crippen molar-refractivity contribution < 1.29 is 9.90 Å². The summed E-state index contributed by atoms with van der Waals surface area (Å²) >= 11 is 0. The topological polar surface area (TPSA) is 55.1 Å². The smallest absolute Gasteiger partial charge is 0.336 e. The zero-order valence-corrected chi connectivity index (χ0v) is 16.3. The van der Waals surface area contributed by atoms with Gasteiger partial charge in [-0.3, -0.25) is 0 Å². The maximum Gasteiger partial charge on any atom is 0.336 e. The second-order valence-corrected chi connectivity index (χ2v) is 7.99. The van der Waals surface area contributed by atoms with Crippen LogP contribution in [0.5, 0.6) is 0 Å². The van der Waals surface area contributed by atoms with Crippen molar-refractivity contribution in [3.05, 3.63) is 59.2 Å². The molecule has 1 aromatic heterocycles. The number of hydrogen-bond donors (Lipinski definition) is 1. The Morgan fingerprint density at radius 3 is 2.65 bits per heavy atom. The summed E-state index contributed by atoms with van der Waals surface area (Å²) in [4.78, 5) is 15.8. The normalized spacial score (nSPS) is 12.4. The van der Waals surface area contributed by atoms with Crippen molar-refractivity contribution in [1.29, 1.82) is 0 Å². The standard InChI is InChI=1S/C22H30N2O2/c1-5-18-9-6-10-19(21(25)26)20(18)14-17(8-7-11-22(2,3)4)15-24-13-12-23-16-24/h6,9-10,12-14,16H,5,7-8,11,15H2,1-4H3,(H,25,26)/b17-14-. The summed E-state index contributed by atoms with van der Waals surface area (Å²) in [5, 5.41) is 9.59. The van der Waals surface area contributed by atoms with Crippen LogP contribution >= 0.6 is 0 Å². The van der Waals surface area contributed by atoms with Gasteiger partial charge in [-0.2, -0.15) is 0 Å². The highest BCUT2D eigenvalue weighted by Crippen LogP contribution is 2.26. The molecule has 2 rings (SSSR count). The summed E-state index contributed by atoms with van der Waals surface area (Å²) in [6, 6.07) is 5.54. The van der Waals surface area contributed by atoms with Gasteiger partial charge in [0, 0.05) is 18.9 Å². The van der Waals surface area contributed by atoms with Crippen LogP contribution in [0.3, 0.4) is 0 Å². The third-order valence-electron chi connectivity index (χ3n) is 4.53. The molecule has 26 heavy (non-hydrogen) atoms. The van der Waals surface area contributed by atoms with Gasteiger partial charge in [0.1, 0.15) is 0 Å². The molecule has 0 spiro atoms. The van der Waals surface area contributed by atoms with E-state index in [1.165, 1.54) is 5.57 Å². The molecule has 0 atom stereocenters. The first-order valence-corrected chi connectivity index (χ1v) is 9.30. The van der Waals surface area contributed by atoms with Gasteiger partial charge in [-0.1, -0.05) is 45.9 Å². The van der Waals surface area contributed by atoms with Crippen LogP contribution in [0.4, 0.5) is 0 Å². The van der Waals surface area contributed by atoms with E-state index in [-0.39, 0.29) is 0 Å². The zero-order chi connectivity index (χ0) is 19.2. The molecule has 0 bridgehead atoms. The van der Waals surface area contributed by atoms with E-state index in [9.17, 15) is 9.90 Å². The minimum absolute atomic E-state index is 0.299. The number of aromatic nitrogens is 2. The number of aryl methyl sites for hydroxylation is 1. The van der Waals surface area contributed by atoms with Gasteiger partial charge in [-0.05, 0) is 53.9 Å². The van der Waals surface area contributed by atoms with E-state index in [0.29, 0.717) is 11.0 Å². The van der Waals surface area contributed by atoms with Gasteiger partial charge < -0.3 is 9.67 Å². The Bertz CT molecular complexity index is 753. The lowest BCUT2D eigenvalue weighted by molar-refractivity contribution is 0.0696. The van der Waals surface area contributed by atoms with E-state index in [0.717, 1.165) is 43.4 Å². The van der Waals surface area contributed by atoms with Crippen LogP contribution in [0, 0.1) is 5.41 Å². The molecule has 0 radical (unpaired) electrons. The predicted octanol–water partition coefficient (Wildman–Crippen LogP) is 5.44. The van der Waals surface area contributed by atoms with Gasteiger partial charge in [0.05, 0.1) is 11.9 Å². The second kappa shape index (κ2) is 8.84. The summed E-state index contributed by atoms with van der Waals surface area (Å²) in [5.74, 6) is -0.872. The SMILES string of the molecule is CCc1cccc(C(=O)O)c1/C=C(/CCCC(C)(C)C)Cn1ccnc1. The monoisotopic (exact) mass is 354 g/mol. The number of aromatic carboxylic acids is 1. The lowest BCUT2D eigenvalue weighted by Gasteiger charge is -2.19. The predicted molar refractivity (Wildman–Crippen MR) is 106 cm³/mol. The number of carbonyl (C=O) groups is 1. The average molecular weight is 354 g/mol. The molecule has 0 aliphatic heterocycles. The lowest BCUT2D eigenvalue weighted by atomic mass is 9.88. The molecule has 0 fully saturated rings. The molecular formula is C22H30N2O2. The molecule has 0 unspecified atom stereocenters. The van der Waals surface area contributed by atoms with Gasteiger partial charge in [-0.25, -0.2) is 9.78 Å². The van der Waals surface area contributed by atoms with Crippen LogP contribution in [-0.4, -0.2) is 20.6 Å². The Morgan fingerprint density at radius 2 is 2.08 bits per heavy atom. The molecule has 0 aliphatic rings. The molecule has 140 valence electrons. The molecule has 0 saturated heterocycles. The van der Waals surface area contributed by atoms with Crippen molar-refractivity contribution in [3.63, 3.8) is 0 Å². The number of allylic oxidation sites excluding steroid dienone is 1. The first-order valence-electron chi connectivity index (χ1n) is 9.30. The fraction of sp³-hybridized carbons (Fsp3) is 0.455. The first-order chi connectivity index (χ1) is 12.3. The molecule has 0 saturated carbocycles. The fourth-order valence-electron chi connectivity index (χ4n) is 3.14. The molecule has 4 nitrogen and oxygen atoms in total. The highest BCUT2D eigenvalue weighted by molar-refractivity contribution is 5.93. The molecule has 1 aromatic carbocycles.